The van der Waals surface area contributed by atoms with Crippen LogP contribution in [0.25, 0.3) is 11.0 Å². The van der Waals surface area contributed by atoms with Crippen LogP contribution in [0.4, 0.5) is 37.6 Å². The van der Waals surface area contributed by atoms with E-state index in [1.54, 1.807) is 28.8 Å². The summed E-state index contributed by atoms with van der Waals surface area (Å²) in [5.74, 6) is -2.24. The third-order valence-corrected chi connectivity index (χ3v) is 7.04. The standard InChI is InChI=1S/C29H32F2N8O3/c1-32-28(41)24-19(9-8-18(30)25(24)31)33-26-17-10-12-38(4)27(17)36-29(35-26)34-20-14-21-16(13-22(20)42-5)7-6-11-39(21)23(40)15-37(2)3/h8-10,12-14H,6-7,11,15H2,1-5H3,(H,32,41)(H2,33,34,35,36). The number of carbonyl (C=O) groups is 2. The van der Waals surface area contributed by atoms with E-state index in [9.17, 15) is 18.4 Å². The first-order chi connectivity index (χ1) is 20.1. The van der Waals surface area contributed by atoms with Crippen molar-refractivity contribution < 1.29 is 23.1 Å². The van der Waals surface area contributed by atoms with Crippen LogP contribution < -0.4 is 25.6 Å². The van der Waals surface area contributed by atoms with Crippen LogP contribution in [0.5, 0.6) is 5.75 Å². The van der Waals surface area contributed by atoms with E-state index >= 15 is 0 Å². The van der Waals surface area contributed by atoms with Crippen LogP contribution in [-0.2, 0) is 18.3 Å². The molecule has 2 aromatic heterocycles. The molecule has 2 amide bonds. The van der Waals surface area contributed by atoms with Gasteiger partial charge in [-0.15, -0.1) is 0 Å². The Bertz CT molecular complexity index is 1690. The molecule has 0 aliphatic carbocycles. The maximum absolute atomic E-state index is 14.7. The molecule has 0 unspecified atom stereocenters. The highest BCUT2D eigenvalue weighted by molar-refractivity contribution is 6.02. The average molecular weight is 579 g/mol. The number of carbonyl (C=O) groups excluding carboxylic acids is 2. The summed E-state index contributed by atoms with van der Waals surface area (Å²) in [4.78, 5) is 38.4. The van der Waals surface area contributed by atoms with Crippen LogP contribution >= 0.6 is 0 Å². The number of benzene rings is 2. The van der Waals surface area contributed by atoms with Gasteiger partial charge in [0, 0.05) is 32.5 Å². The van der Waals surface area contributed by atoms with E-state index in [1.807, 2.05) is 38.2 Å². The summed E-state index contributed by atoms with van der Waals surface area (Å²) >= 11 is 0. The lowest BCUT2D eigenvalue weighted by molar-refractivity contribution is -0.119. The minimum atomic E-state index is -1.27. The Hall–Kier alpha value is -4.78. The number of fused-ring (bicyclic) bond motifs is 2. The number of nitrogens with one attached hydrogen (secondary N) is 3. The Morgan fingerprint density at radius 2 is 1.88 bits per heavy atom. The summed E-state index contributed by atoms with van der Waals surface area (Å²) in [5.41, 5.74) is 2.42. The molecule has 1 aliphatic rings. The summed E-state index contributed by atoms with van der Waals surface area (Å²) in [6.07, 6.45) is 3.43. The number of amides is 2. The zero-order valence-corrected chi connectivity index (χ0v) is 24.0. The molecule has 0 spiro atoms. The molecular weight excluding hydrogens is 546 g/mol. The Kier molecular flexibility index (Phi) is 7.94. The number of hydrogen-bond acceptors (Lipinski definition) is 8. The molecule has 11 nitrogen and oxygen atoms in total. The first-order valence-corrected chi connectivity index (χ1v) is 13.3. The molecule has 0 fully saturated rings. The van der Waals surface area contributed by atoms with Crippen LogP contribution in [0.3, 0.4) is 0 Å². The fourth-order valence-electron chi connectivity index (χ4n) is 5.03. The smallest absolute Gasteiger partial charge is 0.256 e. The van der Waals surface area contributed by atoms with Crippen LogP contribution in [0.1, 0.15) is 22.3 Å². The second-order valence-corrected chi connectivity index (χ2v) is 10.2. The molecule has 2 aromatic carbocycles. The van der Waals surface area contributed by atoms with Crippen LogP contribution in [0.15, 0.2) is 36.5 Å². The van der Waals surface area contributed by atoms with E-state index in [4.69, 9.17) is 4.74 Å². The maximum Gasteiger partial charge on any atom is 0.256 e. The predicted molar refractivity (Wildman–Crippen MR) is 157 cm³/mol. The molecule has 1 aliphatic heterocycles. The fraction of sp³-hybridized carbons (Fsp3) is 0.310. The molecule has 0 atom stereocenters. The van der Waals surface area contributed by atoms with Gasteiger partial charge in [-0.05, 0) is 62.8 Å². The number of aryl methyl sites for hydroxylation is 2. The SMILES string of the molecule is CNC(=O)c1c(Nc2nc(Nc3cc4c(cc3OC)CCCN4C(=O)CN(C)C)nc3c2ccn3C)ccc(F)c1F. The van der Waals surface area contributed by atoms with Gasteiger partial charge in [0.05, 0.1) is 30.4 Å². The molecule has 5 rings (SSSR count). The van der Waals surface area contributed by atoms with Gasteiger partial charge in [0.15, 0.2) is 11.6 Å². The molecule has 3 N–H and O–H groups in total. The van der Waals surface area contributed by atoms with Crippen molar-refractivity contribution in [2.45, 2.75) is 12.8 Å². The minimum Gasteiger partial charge on any atom is -0.495 e. The van der Waals surface area contributed by atoms with Crippen molar-refractivity contribution in [3.05, 3.63) is 59.3 Å². The normalized spacial score (nSPS) is 12.8. The van der Waals surface area contributed by atoms with Gasteiger partial charge in [-0.1, -0.05) is 0 Å². The van der Waals surface area contributed by atoms with E-state index in [-0.39, 0.29) is 29.9 Å². The van der Waals surface area contributed by atoms with E-state index in [2.05, 4.69) is 25.9 Å². The molecule has 0 bridgehead atoms. The van der Waals surface area contributed by atoms with Crippen LogP contribution in [-0.4, -0.2) is 72.6 Å². The molecule has 3 heterocycles. The number of methoxy groups -OCH3 is 1. The molecular formula is C29H32F2N8O3. The van der Waals surface area contributed by atoms with E-state index in [1.165, 1.54) is 13.1 Å². The van der Waals surface area contributed by atoms with E-state index in [0.29, 0.717) is 29.0 Å². The third kappa shape index (κ3) is 5.42. The lowest BCUT2D eigenvalue weighted by atomic mass is 10.00. The number of hydrogen-bond donors (Lipinski definition) is 3. The minimum absolute atomic E-state index is 0.0107. The van der Waals surface area contributed by atoms with Crippen molar-refractivity contribution in [2.24, 2.45) is 7.05 Å². The van der Waals surface area contributed by atoms with Gasteiger partial charge < -0.3 is 35.1 Å². The highest BCUT2D eigenvalue weighted by atomic mass is 19.2. The number of aromatic nitrogens is 3. The van der Waals surface area contributed by atoms with Gasteiger partial charge in [-0.25, -0.2) is 8.78 Å². The Morgan fingerprint density at radius 1 is 1.10 bits per heavy atom. The second-order valence-electron chi connectivity index (χ2n) is 10.2. The van der Waals surface area contributed by atoms with Crippen molar-refractivity contribution in [1.82, 2.24) is 24.8 Å². The first-order valence-electron chi connectivity index (χ1n) is 13.3. The van der Waals surface area contributed by atoms with Gasteiger partial charge in [0.25, 0.3) is 5.91 Å². The number of anilines is 5. The van der Waals surface area contributed by atoms with Gasteiger partial charge in [-0.2, -0.15) is 9.97 Å². The summed E-state index contributed by atoms with van der Waals surface area (Å²) < 4.78 is 36.2. The molecule has 0 saturated heterocycles. The third-order valence-electron chi connectivity index (χ3n) is 7.04. The number of halogens is 2. The highest BCUT2D eigenvalue weighted by Gasteiger charge is 2.26. The van der Waals surface area contributed by atoms with E-state index in [0.717, 1.165) is 30.2 Å². The fourth-order valence-corrected chi connectivity index (χ4v) is 5.03. The van der Waals surface area contributed by atoms with E-state index < -0.39 is 23.1 Å². The number of likely N-dealkylation sites (N-methyl/N-ethyl adjacent to an activating group) is 1. The van der Waals surface area contributed by atoms with Gasteiger partial charge in [0.1, 0.15) is 22.8 Å². The summed E-state index contributed by atoms with van der Waals surface area (Å²) in [7, 11) is 8.40. The topological polar surface area (TPSA) is 117 Å². The quantitative estimate of drug-likeness (QED) is 0.288. The number of rotatable bonds is 8. The highest BCUT2D eigenvalue weighted by Crippen LogP contribution is 2.38. The average Bonchev–Trinajstić information content (AvgIpc) is 3.34. The first kappa shape index (κ1) is 28.7. The second kappa shape index (κ2) is 11.6. The van der Waals surface area contributed by atoms with Crippen molar-refractivity contribution in [3.63, 3.8) is 0 Å². The predicted octanol–water partition coefficient (Wildman–Crippen LogP) is 3.94. The Labute approximate surface area is 241 Å². The monoisotopic (exact) mass is 578 g/mol. The zero-order valence-electron chi connectivity index (χ0n) is 24.0. The van der Waals surface area contributed by atoms with Gasteiger partial charge in [-0.3, -0.25) is 9.59 Å². The van der Waals surface area contributed by atoms with Crippen LogP contribution in [0, 0.1) is 11.6 Å². The van der Waals surface area contributed by atoms with Crippen molar-refractivity contribution in [3.8, 4) is 5.75 Å². The van der Waals surface area contributed by atoms with Gasteiger partial charge >= 0.3 is 0 Å². The largest absolute Gasteiger partial charge is 0.495 e. The Balaban J connectivity index is 1.57. The summed E-state index contributed by atoms with van der Waals surface area (Å²) in [6.45, 7) is 0.881. The zero-order chi connectivity index (χ0) is 30.1. The lowest BCUT2D eigenvalue weighted by Crippen LogP contribution is -2.40. The van der Waals surface area contributed by atoms with Crippen molar-refractivity contribution in [1.29, 1.82) is 0 Å². The number of ether oxygens (including phenoxy) is 1. The molecule has 4 aromatic rings. The summed E-state index contributed by atoms with van der Waals surface area (Å²) in [6, 6.07) is 7.75. The molecule has 13 heteroatoms. The lowest BCUT2D eigenvalue weighted by Gasteiger charge is -2.31. The maximum atomic E-state index is 14.7. The molecule has 42 heavy (non-hydrogen) atoms. The van der Waals surface area contributed by atoms with Gasteiger partial charge in [0.2, 0.25) is 11.9 Å². The summed E-state index contributed by atoms with van der Waals surface area (Å²) in [5, 5.41) is 9.14. The van der Waals surface area contributed by atoms with Crippen LogP contribution in [0.2, 0.25) is 0 Å². The van der Waals surface area contributed by atoms with Crippen molar-refractivity contribution >= 4 is 51.7 Å². The molecule has 220 valence electrons. The molecule has 0 saturated carbocycles. The molecule has 0 radical (unpaired) electrons. The Morgan fingerprint density at radius 3 is 2.60 bits per heavy atom. The number of nitrogens with zero attached hydrogens (tertiary/aromatic N) is 5. The van der Waals surface area contributed by atoms with Crippen molar-refractivity contribution in [2.75, 3.05) is 56.9 Å².